The third-order valence-corrected chi connectivity index (χ3v) is 17.8. The van der Waals surface area contributed by atoms with Crippen LogP contribution in [0, 0.1) is 13.8 Å². The van der Waals surface area contributed by atoms with E-state index in [4.69, 9.17) is 5.73 Å². The van der Waals surface area contributed by atoms with Crippen LogP contribution in [0.4, 0.5) is 39.8 Å². The van der Waals surface area contributed by atoms with Crippen molar-refractivity contribution in [3.63, 3.8) is 0 Å². The van der Waals surface area contributed by atoms with Crippen molar-refractivity contribution in [1.82, 2.24) is 0 Å². The van der Waals surface area contributed by atoms with Crippen LogP contribution in [0.25, 0.3) is 32.3 Å². The number of hydrogen-bond donors (Lipinski definition) is 22. The fourth-order valence-corrected chi connectivity index (χ4v) is 12.4. The van der Waals surface area contributed by atoms with Gasteiger partial charge in [0.15, 0.2) is 17.2 Å². The molecule has 491 valence electrons. The van der Waals surface area contributed by atoms with Crippen molar-refractivity contribution in [2.45, 2.75) is 48.1 Å². The van der Waals surface area contributed by atoms with Crippen LogP contribution in [0.5, 0.6) is 34.5 Å². The summed E-state index contributed by atoms with van der Waals surface area (Å²) in [5.74, 6) is -4.72. The van der Waals surface area contributed by atoms with Gasteiger partial charge in [-0.1, -0.05) is 6.07 Å². The van der Waals surface area contributed by atoms with Gasteiger partial charge in [0.05, 0.1) is 24.5 Å². The number of aromatic hydroxyl groups is 6. The van der Waals surface area contributed by atoms with E-state index in [2.05, 4.69) is 30.7 Å². The molecular formula is C44H43Cu3N7O27S7. The van der Waals surface area contributed by atoms with Crippen LogP contribution >= 0.6 is 43.5 Å². The number of nitrogens with zero attached hydrogens (tertiary/aromatic N) is 6. The molecule has 0 aromatic heterocycles. The second-order valence-corrected chi connectivity index (χ2v) is 27.7. The summed E-state index contributed by atoms with van der Waals surface area (Å²) < 4.78 is 219. The predicted octanol–water partition coefficient (Wildman–Crippen LogP) is 12.6. The number of azo groups is 3. The molecule has 3 radical (unpaired) electrons. The molecule has 0 heterocycles. The molecule has 0 fully saturated rings. The first kappa shape index (κ1) is 74.6. The van der Waals surface area contributed by atoms with E-state index in [-0.39, 0.29) is 90.1 Å². The molecule has 0 amide bonds. The number of fused-ring (bicyclic) bond motifs is 3. The minimum absolute atomic E-state index is 0. The molecule has 0 aliphatic rings. The normalized spacial score (nSPS) is 13.5. The van der Waals surface area contributed by atoms with Crippen LogP contribution in [0.2, 0.25) is 0 Å². The largest absolute Gasteiger partial charge is 0.506 e. The average molecular weight is 1520 g/mol. The molecule has 8 rings (SSSR count). The molecule has 44 heteroatoms. The number of anilines is 1. The van der Waals surface area contributed by atoms with Crippen molar-refractivity contribution in [2.75, 3.05) is 5.73 Å². The standard InChI is InChI=1S/C27H26N4O19S5.C17H17N3O8S2.3Cu/c1-10-4-11(51(36,37)38)6-16(25(10)33)28-31-24-21(55(48,49)50)8-14-13(26(24)34)2-3-18(32)23(14)30-29-17-9-19(53(42,43)44)15-5-12(52(39,40)41)7-20(54(45,46)47)22(15)27(17)35;1-8-2-3-12(13(21)4-8)19-20-16-14(30(26,27)28)6-9-5-10(29(23,24)25)7-11(18)15(9)17(16)22;;;/h2-9,32-35,39-41,45-50H,1H3,(H,36,37,38)(H,42,43,44);2-7,21-25H,18H2,1H3,(H,26,27,28);;;. The van der Waals surface area contributed by atoms with Crippen molar-refractivity contribution in [1.29, 1.82) is 0 Å². The first-order chi connectivity index (χ1) is 38.8. The Labute approximate surface area is 532 Å². The molecule has 0 spiro atoms. The summed E-state index contributed by atoms with van der Waals surface area (Å²) in [4.78, 5) is -6.45. The number of hydrogen-bond acceptors (Lipinski definition) is 31. The maximum atomic E-state index is 12.4. The molecule has 88 heavy (non-hydrogen) atoms. The van der Waals surface area contributed by atoms with Crippen molar-refractivity contribution in [2.24, 2.45) is 30.7 Å². The second-order valence-electron chi connectivity index (χ2n) is 17.6. The Morgan fingerprint density at radius 2 is 0.864 bits per heavy atom. The van der Waals surface area contributed by atoms with Crippen LogP contribution in [-0.4, -0.2) is 124 Å². The number of rotatable bonds is 13. The van der Waals surface area contributed by atoms with E-state index in [0.29, 0.717) is 30.3 Å². The minimum atomic E-state index is -5.42. The quantitative estimate of drug-likeness (QED) is 0.0221. The van der Waals surface area contributed by atoms with E-state index in [1.54, 1.807) is 13.0 Å². The molecule has 8 aromatic rings. The number of nitrogens with two attached hydrogens (primary N) is 1. The summed E-state index contributed by atoms with van der Waals surface area (Å²) in [5, 5.41) is 82.9. The van der Waals surface area contributed by atoms with Gasteiger partial charge in [0.1, 0.15) is 105 Å². The molecule has 0 unspecified atom stereocenters. The molecule has 8 aromatic carbocycles. The van der Waals surface area contributed by atoms with E-state index in [9.17, 15) is 124 Å². The molecular weight excluding hydrogens is 1470 g/mol. The molecule has 0 saturated heterocycles. The third kappa shape index (κ3) is 16.0. The Kier molecular flexibility index (Phi) is 22.5. The first-order valence-corrected chi connectivity index (χ1v) is 32.4. The van der Waals surface area contributed by atoms with Crippen LogP contribution in [0.1, 0.15) is 11.1 Å². The minimum Gasteiger partial charge on any atom is -0.506 e. The summed E-state index contributed by atoms with van der Waals surface area (Å²) >= 11 is 0. The smallest absolute Gasteiger partial charge is 0.296 e. The summed E-state index contributed by atoms with van der Waals surface area (Å²) in [7, 11) is -34.0. The fraction of sp³-hybridized carbons (Fsp3) is 0.0455. The average Bonchev–Trinajstić information content (AvgIpc) is 1.18. The van der Waals surface area contributed by atoms with Crippen molar-refractivity contribution >= 4 is 146 Å². The molecule has 0 bridgehead atoms. The van der Waals surface area contributed by atoms with Gasteiger partial charge < -0.3 is 91.0 Å². The van der Waals surface area contributed by atoms with Gasteiger partial charge in [0.25, 0.3) is 30.4 Å². The molecule has 23 N–H and O–H groups in total. The maximum absolute atomic E-state index is 12.4. The van der Waals surface area contributed by atoms with E-state index in [0.717, 1.165) is 42.0 Å². The summed E-state index contributed by atoms with van der Waals surface area (Å²) in [6, 6.07) is 12.7. The van der Waals surface area contributed by atoms with E-state index < -0.39 is 181 Å². The molecule has 0 aliphatic carbocycles. The van der Waals surface area contributed by atoms with Gasteiger partial charge >= 0.3 is 0 Å². The number of nitrogen functional groups attached to an aromatic ring is 1. The van der Waals surface area contributed by atoms with Gasteiger partial charge in [0.2, 0.25) is 0 Å². The summed E-state index contributed by atoms with van der Waals surface area (Å²) in [6.07, 6.45) is 0. The van der Waals surface area contributed by atoms with Crippen LogP contribution in [0.15, 0.2) is 150 Å². The van der Waals surface area contributed by atoms with Gasteiger partial charge in [-0.2, -0.15) is 25.3 Å². The van der Waals surface area contributed by atoms with Gasteiger partial charge in [-0.25, -0.2) is 0 Å². The van der Waals surface area contributed by atoms with Gasteiger partial charge in [0, 0.05) is 83.8 Å². The Bertz CT molecular complexity index is 4580. The SMILES string of the molecule is Cc1cc(S(=O)(=O)O)cc(N=Nc2c(S(O)(O)O)cc3c(N=Nc4cc(S(=O)(=O)O)c5cc(S(O)(O)O)cc(S(O)(O)O)c5c4O)c(O)ccc3c2O)c1O.Cc1ccc(N=Nc2c(S(=O)(=O)O)cc3cc(S(O)(O)O)cc(N)c3c2O)c(O)c1.[Cu].[Cu].[Cu]. The van der Waals surface area contributed by atoms with Gasteiger partial charge in [-0.05, 0) is 109 Å². The Morgan fingerprint density at radius 3 is 1.38 bits per heavy atom. The van der Waals surface area contributed by atoms with Crippen molar-refractivity contribution in [3.8, 4) is 34.5 Å². The maximum Gasteiger partial charge on any atom is 0.296 e. The Balaban J connectivity index is 0.000000426. The van der Waals surface area contributed by atoms with E-state index in [1.165, 1.54) is 19.1 Å². The number of phenols is 6. The topological polar surface area (TPSA) is 627 Å². The van der Waals surface area contributed by atoms with E-state index >= 15 is 0 Å². The summed E-state index contributed by atoms with van der Waals surface area (Å²) in [5.41, 5.74) is 2.34. The number of phenolic OH excluding ortho intramolecular Hbond substituents is 6. The van der Waals surface area contributed by atoms with E-state index in [1.807, 2.05) is 0 Å². The van der Waals surface area contributed by atoms with Crippen LogP contribution in [0.3, 0.4) is 0 Å². The monoisotopic (exact) mass is 1510 g/mol. The number of benzene rings is 8. The van der Waals surface area contributed by atoms with Gasteiger partial charge in [-0.3, -0.25) is 13.7 Å². The van der Waals surface area contributed by atoms with Crippen molar-refractivity contribution < 1.29 is 175 Å². The molecule has 0 aliphatic heterocycles. The molecule has 0 atom stereocenters. The van der Waals surface area contributed by atoms with Crippen LogP contribution in [-0.2, 0) is 81.6 Å². The fourth-order valence-electron chi connectivity index (χ4n) is 7.82. The summed E-state index contributed by atoms with van der Waals surface area (Å²) in [6.45, 7) is 2.96. The Hall–Kier alpha value is -5.85. The zero-order valence-corrected chi connectivity index (χ0v) is 51.5. The predicted molar refractivity (Wildman–Crippen MR) is 306 cm³/mol. The second kappa shape index (κ2) is 26.5. The molecule has 0 saturated carbocycles. The van der Waals surface area contributed by atoms with Gasteiger partial charge in [-0.15, -0.1) is 30.7 Å². The third-order valence-electron chi connectivity index (χ3n) is 11.7. The first-order valence-electron chi connectivity index (χ1n) is 22.1. The zero-order valence-electron chi connectivity index (χ0n) is 42.9. The Morgan fingerprint density at radius 1 is 0.352 bits per heavy atom. The van der Waals surface area contributed by atoms with Crippen molar-refractivity contribution in [3.05, 3.63) is 96.1 Å². The molecule has 34 nitrogen and oxygen atoms in total. The zero-order chi connectivity index (χ0) is 63.8. The van der Waals surface area contributed by atoms with Crippen LogP contribution < -0.4 is 5.73 Å². The number of aryl methyl sites for hydroxylation is 2.